The van der Waals surface area contributed by atoms with Crippen LogP contribution in [0.3, 0.4) is 0 Å². The Morgan fingerprint density at radius 3 is 2.53 bits per heavy atom. The first-order valence-electron chi connectivity index (χ1n) is 12.1. The Morgan fingerprint density at radius 1 is 0.972 bits per heavy atom. The van der Waals surface area contributed by atoms with Crippen LogP contribution in [0.15, 0.2) is 79.0 Å². The number of hydrogen-bond donors (Lipinski definition) is 2. The third kappa shape index (κ3) is 3.82. The lowest BCUT2D eigenvalue weighted by Crippen LogP contribution is -2.43. The van der Waals surface area contributed by atoms with Crippen LogP contribution in [0.2, 0.25) is 0 Å². The first-order valence-corrected chi connectivity index (χ1v) is 12.1. The third-order valence-electron chi connectivity index (χ3n) is 7.06. The zero-order valence-corrected chi connectivity index (χ0v) is 20.2. The van der Waals surface area contributed by atoms with E-state index in [9.17, 15) is 0 Å². The van der Waals surface area contributed by atoms with Crippen molar-refractivity contribution in [3.05, 3.63) is 90.1 Å². The van der Waals surface area contributed by atoms with Gasteiger partial charge in [-0.2, -0.15) is 0 Å². The van der Waals surface area contributed by atoms with E-state index >= 15 is 0 Å². The lowest BCUT2D eigenvalue weighted by Gasteiger charge is -2.38. The maximum Gasteiger partial charge on any atom is 0.165 e. The Labute approximate surface area is 209 Å². The van der Waals surface area contributed by atoms with Gasteiger partial charge in [-0.15, -0.1) is 0 Å². The molecule has 1 fully saturated rings. The SMILES string of the molecule is COCc1cccc(-c2ccc3nc(-c4cccnc4N)n(-c4ccc(C5(N)CCC5)cc4)c3n2)c1. The van der Waals surface area contributed by atoms with Gasteiger partial charge in [-0.25, -0.2) is 15.0 Å². The number of ether oxygens (including phenoxy) is 1. The number of rotatable bonds is 6. The Kier molecular flexibility index (Phi) is 5.51. The van der Waals surface area contributed by atoms with Crippen LogP contribution in [-0.4, -0.2) is 26.6 Å². The number of imidazole rings is 1. The first-order chi connectivity index (χ1) is 17.6. The molecule has 1 aliphatic carbocycles. The predicted molar refractivity (Wildman–Crippen MR) is 142 cm³/mol. The summed E-state index contributed by atoms with van der Waals surface area (Å²) < 4.78 is 7.37. The number of aromatic nitrogens is 4. The second-order valence-electron chi connectivity index (χ2n) is 9.44. The molecule has 36 heavy (non-hydrogen) atoms. The summed E-state index contributed by atoms with van der Waals surface area (Å²) in [6, 6.07) is 24.5. The monoisotopic (exact) mass is 476 g/mol. The second kappa shape index (κ2) is 8.86. The van der Waals surface area contributed by atoms with Crippen molar-refractivity contribution >= 4 is 17.0 Å². The molecule has 5 aromatic rings. The van der Waals surface area contributed by atoms with E-state index in [0.29, 0.717) is 18.2 Å². The average Bonchev–Trinajstić information content (AvgIpc) is 3.26. The fourth-order valence-corrected chi connectivity index (χ4v) is 4.93. The number of nitrogens with two attached hydrogens (primary N) is 2. The molecule has 0 atom stereocenters. The second-order valence-corrected chi connectivity index (χ2v) is 9.44. The van der Waals surface area contributed by atoms with Crippen molar-refractivity contribution in [1.29, 1.82) is 0 Å². The fraction of sp³-hybridized carbons (Fsp3) is 0.207. The Balaban J connectivity index is 1.53. The summed E-state index contributed by atoms with van der Waals surface area (Å²) in [4.78, 5) is 14.3. The van der Waals surface area contributed by atoms with Gasteiger partial charge in [0.05, 0.1) is 17.9 Å². The average molecular weight is 477 g/mol. The highest BCUT2D eigenvalue weighted by atomic mass is 16.5. The first kappa shape index (κ1) is 22.4. The van der Waals surface area contributed by atoms with E-state index in [-0.39, 0.29) is 5.54 Å². The van der Waals surface area contributed by atoms with Crippen molar-refractivity contribution < 1.29 is 4.74 Å². The van der Waals surface area contributed by atoms with Gasteiger partial charge >= 0.3 is 0 Å². The summed E-state index contributed by atoms with van der Waals surface area (Å²) in [5.74, 6) is 1.13. The maximum atomic E-state index is 6.58. The van der Waals surface area contributed by atoms with Crippen LogP contribution in [0.4, 0.5) is 5.82 Å². The molecule has 3 heterocycles. The molecule has 7 heteroatoms. The highest BCUT2D eigenvalue weighted by Gasteiger charge is 2.34. The van der Waals surface area contributed by atoms with Crippen molar-refractivity contribution in [3.8, 4) is 28.3 Å². The van der Waals surface area contributed by atoms with Gasteiger partial charge in [0.15, 0.2) is 11.5 Å². The van der Waals surface area contributed by atoms with Gasteiger partial charge in [0, 0.05) is 30.1 Å². The summed E-state index contributed by atoms with van der Waals surface area (Å²) in [6.07, 6.45) is 4.89. The summed E-state index contributed by atoms with van der Waals surface area (Å²) >= 11 is 0. The molecule has 0 bridgehead atoms. The molecule has 0 aliphatic heterocycles. The molecule has 7 nitrogen and oxygen atoms in total. The zero-order chi connectivity index (χ0) is 24.7. The van der Waals surface area contributed by atoms with Crippen LogP contribution in [0.1, 0.15) is 30.4 Å². The molecule has 1 aliphatic rings. The van der Waals surface area contributed by atoms with Gasteiger partial charge in [0.25, 0.3) is 0 Å². The smallest absolute Gasteiger partial charge is 0.165 e. The molecule has 1 saturated carbocycles. The van der Waals surface area contributed by atoms with Gasteiger partial charge in [0.2, 0.25) is 0 Å². The lowest BCUT2D eigenvalue weighted by molar-refractivity contribution is 0.185. The molecule has 0 radical (unpaired) electrons. The molecule has 0 saturated heterocycles. The number of pyridine rings is 2. The molecule has 0 amide bonds. The van der Waals surface area contributed by atoms with E-state index < -0.39 is 0 Å². The maximum absolute atomic E-state index is 6.58. The van der Waals surface area contributed by atoms with Crippen LogP contribution in [0, 0.1) is 0 Å². The topological polar surface area (TPSA) is 105 Å². The van der Waals surface area contributed by atoms with E-state index in [1.807, 2.05) is 36.4 Å². The summed E-state index contributed by atoms with van der Waals surface area (Å²) in [5, 5.41) is 0. The van der Waals surface area contributed by atoms with Gasteiger partial charge < -0.3 is 16.2 Å². The minimum atomic E-state index is -0.217. The summed E-state index contributed by atoms with van der Waals surface area (Å²) in [5.41, 5.74) is 20.0. The molecule has 2 aromatic carbocycles. The van der Waals surface area contributed by atoms with E-state index in [1.165, 1.54) is 6.42 Å². The van der Waals surface area contributed by atoms with Gasteiger partial charge in [0.1, 0.15) is 11.3 Å². The Morgan fingerprint density at radius 2 is 1.81 bits per heavy atom. The lowest BCUT2D eigenvalue weighted by atomic mass is 9.73. The number of methoxy groups -OCH3 is 1. The van der Waals surface area contributed by atoms with E-state index in [2.05, 4.69) is 45.9 Å². The van der Waals surface area contributed by atoms with Crippen LogP contribution >= 0.6 is 0 Å². The molecule has 180 valence electrons. The van der Waals surface area contributed by atoms with Crippen LogP contribution < -0.4 is 11.5 Å². The van der Waals surface area contributed by atoms with Gasteiger partial charge in [-0.1, -0.05) is 30.3 Å². The van der Waals surface area contributed by atoms with Crippen LogP contribution in [-0.2, 0) is 16.9 Å². The van der Waals surface area contributed by atoms with Crippen molar-refractivity contribution in [2.75, 3.05) is 12.8 Å². The normalized spacial score (nSPS) is 14.6. The minimum absolute atomic E-state index is 0.217. The largest absolute Gasteiger partial charge is 0.383 e. The van der Waals surface area contributed by atoms with E-state index in [4.69, 9.17) is 26.2 Å². The fourth-order valence-electron chi connectivity index (χ4n) is 4.93. The highest BCUT2D eigenvalue weighted by molar-refractivity contribution is 5.84. The minimum Gasteiger partial charge on any atom is -0.383 e. The van der Waals surface area contributed by atoms with Crippen LogP contribution in [0.5, 0.6) is 0 Å². The van der Waals surface area contributed by atoms with Crippen molar-refractivity contribution in [2.24, 2.45) is 5.73 Å². The van der Waals surface area contributed by atoms with Crippen molar-refractivity contribution in [1.82, 2.24) is 19.5 Å². The predicted octanol–water partition coefficient (Wildman–Crippen LogP) is 5.22. The number of nitrogens with zero attached hydrogens (tertiary/aromatic N) is 4. The third-order valence-corrected chi connectivity index (χ3v) is 7.06. The summed E-state index contributed by atoms with van der Waals surface area (Å²) in [7, 11) is 1.70. The number of fused-ring (bicyclic) bond motifs is 1. The Bertz CT molecular complexity index is 1550. The van der Waals surface area contributed by atoms with Crippen LogP contribution in [0.25, 0.3) is 39.5 Å². The number of benzene rings is 2. The zero-order valence-electron chi connectivity index (χ0n) is 20.2. The standard InChI is InChI=1S/C29H28N6O/c1-36-18-19-5-2-6-20(17-19)24-12-13-25-28(33-24)35(27(34-25)23-7-3-16-32-26(23)30)22-10-8-21(9-11-22)29(31)14-4-15-29/h2-3,5-13,16-17H,4,14-15,18,31H2,1H3,(H2,30,32). The van der Waals surface area contributed by atoms with Gasteiger partial charge in [-0.3, -0.25) is 4.57 Å². The van der Waals surface area contributed by atoms with Crippen molar-refractivity contribution in [3.63, 3.8) is 0 Å². The molecular formula is C29H28N6O. The van der Waals surface area contributed by atoms with E-state index in [0.717, 1.165) is 57.6 Å². The summed E-state index contributed by atoms with van der Waals surface area (Å²) in [6.45, 7) is 0.549. The highest BCUT2D eigenvalue weighted by Crippen LogP contribution is 2.39. The van der Waals surface area contributed by atoms with Crippen molar-refractivity contribution in [2.45, 2.75) is 31.4 Å². The number of hydrogen-bond acceptors (Lipinski definition) is 6. The molecule has 6 rings (SSSR count). The molecule has 0 unspecified atom stereocenters. The Hall–Kier alpha value is -4.07. The van der Waals surface area contributed by atoms with E-state index in [1.54, 1.807) is 13.3 Å². The quantitative estimate of drug-likeness (QED) is 0.348. The molecule has 3 aromatic heterocycles. The number of nitrogen functional groups attached to an aromatic ring is 1. The molecule has 4 N–H and O–H groups in total. The van der Waals surface area contributed by atoms with Gasteiger partial charge in [-0.05, 0) is 72.9 Å². The number of anilines is 1. The molecular weight excluding hydrogens is 448 g/mol. The molecule has 0 spiro atoms.